The molecule has 1 N–H and O–H groups in total. The summed E-state index contributed by atoms with van der Waals surface area (Å²) in [4.78, 5) is 31.5. The number of nitrogens with one attached hydrogen (secondary N) is 1. The Labute approximate surface area is 208 Å². The second kappa shape index (κ2) is 10.7. The molecule has 0 aliphatic carbocycles. The third-order valence-electron chi connectivity index (χ3n) is 5.33. The van der Waals surface area contributed by atoms with Gasteiger partial charge in [-0.15, -0.1) is 5.11 Å². The van der Waals surface area contributed by atoms with Crippen molar-refractivity contribution in [2.24, 2.45) is 10.2 Å². The van der Waals surface area contributed by atoms with Crippen LogP contribution in [0, 0.1) is 5.82 Å². The first kappa shape index (κ1) is 25.7. The average molecular weight is 516 g/mol. The van der Waals surface area contributed by atoms with Crippen LogP contribution in [0.2, 0.25) is 0 Å². The number of halogens is 4. The zero-order valence-electron chi connectivity index (χ0n) is 19.4. The number of ether oxygens (including phenoxy) is 1. The Morgan fingerprint density at radius 1 is 1.19 bits per heavy atom. The van der Waals surface area contributed by atoms with Crippen molar-refractivity contribution in [2.75, 3.05) is 18.0 Å². The van der Waals surface area contributed by atoms with Gasteiger partial charge in [0.15, 0.2) is 0 Å². The van der Waals surface area contributed by atoms with E-state index in [0.717, 1.165) is 12.3 Å². The highest BCUT2D eigenvalue weighted by molar-refractivity contribution is 5.90. The van der Waals surface area contributed by atoms with Crippen LogP contribution in [0.15, 0.2) is 65.0 Å². The molecule has 192 valence electrons. The summed E-state index contributed by atoms with van der Waals surface area (Å²) < 4.78 is 58.3. The van der Waals surface area contributed by atoms with Gasteiger partial charge in [0.05, 0.1) is 25.3 Å². The Morgan fingerprint density at radius 3 is 2.62 bits per heavy atom. The molecule has 0 spiro atoms. The molecule has 1 aromatic heterocycles. The van der Waals surface area contributed by atoms with E-state index in [1.165, 1.54) is 17.9 Å². The highest BCUT2D eigenvalue weighted by Gasteiger charge is 2.33. The lowest BCUT2D eigenvalue weighted by molar-refractivity contribution is -0.141. The van der Waals surface area contributed by atoms with Crippen molar-refractivity contribution < 1.29 is 31.9 Å². The first-order chi connectivity index (χ1) is 17.6. The molecule has 0 radical (unpaired) electrons. The van der Waals surface area contributed by atoms with E-state index < -0.39 is 35.8 Å². The summed E-state index contributed by atoms with van der Waals surface area (Å²) in [6.45, 7) is 1.75. The SMILES string of the molecule is CC(=O)NC[C@H]1CN(c2ccc(-c3ccc(CN=Nc4nccc(C(F)(F)F)n4)cc3)c(F)c2)C(=O)O1. The number of aromatic nitrogens is 2. The van der Waals surface area contributed by atoms with Crippen LogP contribution in [0.4, 0.5) is 34.0 Å². The van der Waals surface area contributed by atoms with Gasteiger partial charge in [-0.2, -0.15) is 18.3 Å². The van der Waals surface area contributed by atoms with Gasteiger partial charge in [-0.1, -0.05) is 24.3 Å². The number of hydrogen-bond donors (Lipinski definition) is 1. The Balaban J connectivity index is 1.40. The minimum Gasteiger partial charge on any atom is -0.442 e. The lowest BCUT2D eigenvalue weighted by Crippen LogP contribution is -2.33. The first-order valence-electron chi connectivity index (χ1n) is 11.0. The maximum Gasteiger partial charge on any atom is 0.433 e. The fraction of sp³-hybridized carbons (Fsp3) is 0.250. The molecule has 9 nitrogen and oxygen atoms in total. The molecule has 4 rings (SSSR count). The van der Waals surface area contributed by atoms with Gasteiger partial charge < -0.3 is 10.1 Å². The minimum absolute atomic E-state index is 0.0536. The third-order valence-corrected chi connectivity index (χ3v) is 5.33. The van der Waals surface area contributed by atoms with Crippen LogP contribution in [-0.4, -0.2) is 41.2 Å². The molecule has 1 aliphatic rings. The molecule has 0 saturated carbocycles. The summed E-state index contributed by atoms with van der Waals surface area (Å²) in [5.74, 6) is -1.20. The maximum atomic E-state index is 14.9. The van der Waals surface area contributed by atoms with Crippen molar-refractivity contribution in [1.29, 1.82) is 0 Å². The number of cyclic esters (lactones) is 1. The molecule has 1 atom stereocenters. The number of carbonyl (C=O) groups excluding carboxylic acids is 2. The maximum absolute atomic E-state index is 14.9. The van der Waals surface area contributed by atoms with Crippen molar-refractivity contribution in [3.8, 4) is 11.1 Å². The number of benzene rings is 2. The number of hydrogen-bond acceptors (Lipinski definition) is 7. The standard InChI is InChI=1S/C24H20F4N6O3/c1-14(35)30-12-18-13-34(23(36)37-18)17-6-7-19(20(25)10-17)16-4-2-15(3-5-16)11-31-33-22-29-9-8-21(32-22)24(26,27)28/h2-10,18H,11-13H2,1H3,(H,30,35)/t18-/m0/s1. The molecule has 3 aromatic rings. The van der Waals surface area contributed by atoms with E-state index in [2.05, 4.69) is 25.5 Å². The van der Waals surface area contributed by atoms with E-state index in [-0.39, 0.29) is 25.5 Å². The van der Waals surface area contributed by atoms with E-state index in [1.807, 2.05) is 0 Å². The van der Waals surface area contributed by atoms with Crippen LogP contribution < -0.4 is 10.2 Å². The third kappa shape index (κ3) is 6.42. The molecule has 1 fully saturated rings. The van der Waals surface area contributed by atoms with Crippen molar-refractivity contribution in [2.45, 2.75) is 25.7 Å². The lowest BCUT2D eigenvalue weighted by Gasteiger charge is -2.14. The van der Waals surface area contributed by atoms with Crippen molar-refractivity contribution in [3.05, 3.63) is 71.8 Å². The van der Waals surface area contributed by atoms with E-state index in [4.69, 9.17) is 4.74 Å². The monoisotopic (exact) mass is 516 g/mol. The number of anilines is 1. The normalized spacial score (nSPS) is 15.8. The van der Waals surface area contributed by atoms with Gasteiger partial charge in [0.2, 0.25) is 5.91 Å². The molecule has 2 amide bonds. The number of alkyl halides is 3. The molecule has 1 aliphatic heterocycles. The second-order valence-corrected chi connectivity index (χ2v) is 8.05. The molecule has 2 aromatic carbocycles. The fourth-order valence-corrected chi connectivity index (χ4v) is 3.53. The molecule has 0 unspecified atom stereocenters. The summed E-state index contributed by atoms with van der Waals surface area (Å²) in [6, 6.07) is 11.8. The van der Waals surface area contributed by atoms with E-state index >= 15 is 0 Å². The smallest absolute Gasteiger partial charge is 0.433 e. The Hall–Kier alpha value is -4.42. The van der Waals surface area contributed by atoms with Gasteiger partial charge >= 0.3 is 12.3 Å². The van der Waals surface area contributed by atoms with Crippen LogP contribution >= 0.6 is 0 Å². The van der Waals surface area contributed by atoms with Gasteiger partial charge in [0.1, 0.15) is 17.6 Å². The van der Waals surface area contributed by atoms with Crippen LogP contribution in [0.25, 0.3) is 11.1 Å². The number of amides is 2. The molecule has 0 bridgehead atoms. The molecular formula is C24H20F4N6O3. The Morgan fingerprint density at radius 2 is 1.95 bits per heavy atom. The number of azo groups is 1. The molecule has 13 heteroatoms. The molecule has 1 saturated heterocycles. The zero-order chi connectivity index (χ0) is 26.6. The van der Waals surface area contributed by atoms with E-state index in [1.54, 1.807) is 36.4 Å². The number of nitrogens with zero attached hydrogens (tertiary/aromatic N) is 5. The van der Waals surface area contributed by atoms with Gasteiger partial charge in [-0.25, -0.2) is 19.2 Å². The Kier molecular flexibility index (Phi) is 7.41. The minimum atomic E-state index is -4.61. The summed E-state index contributed by atoms with van der Waals surface area (Å²) in [5, 5.41) is 10.0. The number of carbonyl (C=O) groups is 2. The largest absolute Gasteiger partial charge is 0.442 e. The van der Waals surface area contributed by atoms with Crippen LogP contribution in [0.5, 0.6) is 0 Å². The lowest BCUT2D eigenvalue weighted by atomic mass is 10.0. The van der Waals surface area contributed by atoms with E-state index in [0.29, 0.717) is 22.4 Å². The predicted octanol–water partition coefficient (Wildman–Crippen LogP) is 5.05. The molecule has 2 heterocycles. The average Bonchev–Trinajstić information content (AvgIpc) is 3.23. The van der Waals surface area contributed by atoms with Gasteiger partial charge in [-0.05, 0) is 35.4 Å². The molecule has 37 heavy (non-hydrogen) atoms. The highest BCUT2D eigenvalue weighted by Crippen LogP contribution is 2.30. The van der Waals surface area contributed by atoms with Crippen molar-refractivity contribution in [1.82, 2.24) is 15.3 Å². The first-order valence-corrected chi connectivity index (χ1v) is 11.0. The predicted molar refractivity (Wildman–Crippen MR) is 123 cm³/mol. The van der Waals surface area contributed by atoms with Gasteiger partial charge in [-0.3, -0.25) is 9.69 Å². The quantitative estimate of drug-likeness (QED) is 0.349. The van der Waals surface area contributed by atoms with Crippen LogP contribution in [0.3, 0.4) is 0 Å². The summed E-state index contributed by atoms with van der Waals surface area (Å²) in [5.41, 5.74) is 0.766. The topological polar surface area (TPSA) is 109 Å². The highest BCUT2D eigenvalue weighted by atomic mass is 19.4. The molecular weight excluding hydrogens is 496 g/mol. The second-order valence-electron chi connectivity index (χ2n) is 8.05. The number of rotatable bonds is 7. The van der Waals surface area contributed by atoms with Crippen molar-refractivity contribution >= 4 is 23.6 Å². The zero-order valence-corrected chi connectivity index (χ0v) is 19.4. The van der Waals surface area contributed by atoms with Gasteiger partial charge in [0, 0.05) is 18.7 Å². The summed E-state index contributed by atoms with van der Waals surface area (Å²) in [6.07, 6.45) is -4.82. The summed E-state index contributed by atoms with van der Waals surface area (Å²) in [7, 11) is 0. The van der Waals surface area contributed by atoms with Crippen LogP contribution in [-0.2, 0) is 22.3 Å². The van der Waals surface area contributed by atoms with Crippen LogP contribution in [0.1, 0.15) is 18.2 Å². The van der Waals surface area contributed by atoms with Gasteiger partial charge in [0.25, 0.3) is 5.95 Å². The Bertz CT molecular complexity index is 1330. The van der Waals surface area contributed by atoms with Crippen molar-refractivity contribution in [3.63, 3.8) is 0 Å². The van der Waals surface area contributed by atoms with E-state index in [9.17, 15) is 27.2 Å². The summed E-state index contributed by atoms with van der Waals surface area (Å²) >= 11 is 0. The fourth-order valence-electron chi connectivity index (χ4n) is 3.53.